The van der Waals surface area contributed by atoms with Crippen molar-refractivity contribution in [2.24, 2.45) is 5.92 Å². The molecule has 3 aliphatic rings. The molecule has 0 aromatic carbocycles. The van der Waals surface area contributed by atoms with E-state index < -0.39 is 11.9 Å². The maximum atomic E-state index is 12.6. The van der Waals surface area contributed by atoms with Crippen molar-refractivity contribution in [2.75, 3.05) is 13.2 Å². The van der Waals surface area contributed by atoms with Gasteiger partial charge in [0.05, 0.1) is 18.6 Å². The van der Waals surface area contributed by atoms with Gasteiger partial charge in [-0.15, -0.1) is 0 Å². The van der Waals surface area contributed by atoms with Gasteiger partial charge in [0.1, 0.15) is 0 Å². The standard InChI is InChI=1S/C13H20N2O4/c16-7-9-2-1-5-14(9)13(19)15-8-3-4-11(15)10(6-8)12(17)18/h8-11,16H,1-7H2,(H,17,18). The molecule has 3 fully saturated rings. The molecule has 0 spiro atoms. The second-order valence-corrected chi connectivity index (χ2v) is 5.84. The van der Waals surface area contributed by atoms with Gasteiger partial charge >= 0.3 is 12.0 Å². The summed E-state index contributed by atoms with van der Waals surface area (Å²) in [6.45, 7) is 0.676. The molecule has 2 bridgehead atoms. The summed E-state index contributed by atoms with van der Waals surface area (Å²) in [6, 6.07) is -0.211. The highest BCUT2D eigenvalue weighted by molar-refractivity contribution is 5.80. The summed E-state index contributed by atoms with van der Waals surface area (Å²) >= 11 is 0. The number of carboxylic acid groups (broad SMARTS) is 1. The van der Waals surface area contributed by atoms with Gasteiger partial charge in [-0.1, -0.05) is 0 Å². The highest BCUT2D eigenvalue weighted by Crippen LogP contribution is 2.42. The number of aliphatic hydroxyl groups excluding tert-OH is 1. The molecule has 4 unspecified atom stereocenters. The van der Waals surface area contributed by atoms with Gasteiger partial charge in [0, 0.05) is 18.6 Å². The smallest absolute Gasteiger partial charge is 0.320 e. The number of carbonyl (C=O) groups is 2. The minimum Gasteiger partial charge on any atom is -0.481 e. The van der Waals surface area contributed by atoms with Crippen molar-refractivity contribution in [3.63, 3.8) is 0 Å². The SMILES string of the molecule is O=C(O)C1CC2CCC1N2C(=O)N1CCCC1CO. The number of likely N-dealkylation sites (tertiary alicyclic amines) is 1. The van der Waals surface area contributed by atoms with E-state index in [9.17, 15) is 19.8 Å². The van der Waals surface area contributed by atoms with Gasteiger partial charge in [0.25, 0.3) is 0 Å². The molecule has 3 saturated heterocycles. The van der Waals surface area contributed by atoms with Crippen LogP contribution in [0, 0.1) is 5.92 Å². The molecule has 3 aliphatic heterocycles. The third-order valence-electron chi connectivity index (χ3n) is 4.91. The van der Waals surface area contributed by atoms with Crippen LogP contribution < -0.4 is 0 Å². The molecule has 0 aliphatic carbocycles. The highest BCUT2D eigenvalue weighted by atomic mass is 16.4. The third-order valence-corrected chi connectivity index (χ3v) is 4.91. The molecule has 19 heavy (non-hydrogen) atoms. The van der Waals surface area contributed by atoms with Crippen LogP contribution in [0.1, 0.15) is 32.1 Å². The zero-order valence-corrected chi connectivity index (χ0v) is 10.9. The maximum Gasteiger partial charge on any atom is 0.320 e. The van der Waals surface area contributed by atoms with E-state index in [0.29, 0.717) is 13.0 Å². The zero-order valence-electron chi connectivity index (χ0n) is 10.9. The Morgan fingerprint density at radius 2 is 2.00 bits per heavy atom. The Bertz CT molecular complexity index is 400. The molecule has 3 rings (SSSR count). The number of carboxylic acids is 1. The Morgan fingerprint density at radius 3 is 2.63 bits per heavy atom. The number of fused-ring (bicyclic) bond motifs is 2. The van der Waals surface area contributed by atoms with Crippen LogP contribution in [0.3, 0.4) is 0 Å². The van der Waals surface area contributed by atoms with Gasteiger partial charge < -0.3 is 20.0 Å². The number of carbonyl (C=O) groups excluding carboxylic acids is 1. The lowest BCUT2D eigenvalue weighted by atomic mass is 9.89. The lowest BCUT2D eigenvalue weighted by molar-refractivity contribution is -0.142. The number of hydrogen-bond acceptors (Lipinski definition) is 3. The van der Waals surface area contributed by atoms with Crippen molar-refractivity contribution >= 4 is 12.0 Å². The fourth-order valence-electron chi connectivity index (χ4n) is 3.98. The number of aliphatic carboxylic acids is 1. The summed E-state index contributed by atoms with van der Waals surface area (Å²) in [5.74, 6) is -1.19. The largest absolute Gasteiger partial charge is 0.481 e. The van der Waals surface area contributed by atoms with Crippen LogP contribution in [-0.2, 0) is 4.79 Å². The Morgan fingerprint density at radius 1 is 1.21 bits per heavy atom. The summed E-state index contributed by atoms with van der Waals surface area (Å²) in [7, 11) is 0. The van der Waals surface area contributed by atoms with Crippen LogP contribution in [0.2, 0.25) is 0 Å². The fourth-order valence-corrected chi connectivity index (χ4v) is 3.98. The number of urea groups is 1. The van der Waals surface area contributed by atoms with Crippen LogP contribution in [0.15, 0.2) is 0 Å². The molecule has 0 radical (unpaired) electrons. The Balaban J connectivity index is 1.76. The van der Waals surface area contributed by atoms with E-state index in [2.05, 4.69) is 0 Å². The first-order valence-corrected chi connectivity index (χ1v) is 7.06. The molecule has 2 N–H and O–H groups in total. The molecular weight excluding hydrogens is 248 g/mol. The lowest BCUT2D eigenvalue weighted by Crippen LogP contribution is -2.49. The Kier molecular flexibility index (Phi) is 3.12. The minimum atomic E-state index is -0.787. The molecular formula is C13H20N2O4. The summed E-state index contributed by atoms with van der Waals surface area (Å²) in [4.78, 5) is 27.3. The average Bonchev–Trinajstić information content (AvgIpc) is 3.11. The van der Waals surface area contributed by atoms with E-state index in [-0.39, 0.29) is 30.8 Å². The number of aliphatic hydroxyl groups is 1. The van der Waals surface area contributed by atoms with Crippen molar-refractivity contribution in [2.45, 2.75) is 50.2 Å². The molecule has 0 aromatic heterocycles. The Labute approximate surface area is 112 Å². The van der Waals surface area contributed by atoms with E-state index in [0.717, 1.165) is 25.7 Å². The first-order valence-electron chi connectivity index (χ1n) is 7.06. The van der Waals surface area contributed by atoms with Gasteiger partial charge in [-0.25, -0.2) is 4.79 Å². The van der Waals surface area contributed by atoms with Gasteiger partial charge in [-0.3, -0.25) is 4.79 Å². The number of hydrogen-bond donors (Lipinski definition) is 2. The van der Waals surface area contributed by atoms with Crippen LogP contribution in [0.5, 0.6) is 0 Å². The number of rotatable bonds is 2. The predicted molar refractivity (Wildman–Crippen MR) is 66.6 cm³/mol. The quantitative estimate of drug-likeness (QED) is 0.764. The normalized spacial score (nSPS) is 37.1. The summed E-state index contributed by atoms with van der Waals surface area (Å²) in [6.07, 6.45) is 4.06. The number of amides is 2. The third kappa shape index (κ3) is 1.89. The molecule has 6 nitrogen and oxygen atoms in total. The average molecular weight is 268 g/mol. The summed E-state index contributed by atoms with van der Waals surface area (Å²) < 4.78 is 0. The van der Waals surface area contributed by atoms with Crippen molar-refractivity contribution in [3.05, 3.63) is 0 Å². The molecule has 106 valence electrons. The molecule has 0 aromatic rings. The van der Waals surface area contributed by atoms with E-state index in [1.54, 1.807) is 9.80 Å². The van der Waals surface area contributed by atoms with E-state index in [1.807, 2.05) is 0 Å². The second-order valence-electron chi connectivity index (χ2n) is 5.84. The van der Waals surface area contributed by atoms with Crippen molar-refractivity contribution < 1.29 is 19.8 Å². The minimum absolute atomic E-state index is 0.00271. The molecule has 3 heterocycles. The van der Waals surface area contributed by atoms with Crippen LogP contribution in [0.25, 0.3) is 0 Å². The van der Waals surface area contributed by atoms with Crippen molar-refractivity contribution in [3.8, 4) is 0 Å². The molecule has 4 atom stereocenters. The zero-order chi connectivity index (χ0) is 13.6. The first-order chi connectivity index (χ1) is 9.13. The number of nitrogens with zero attached hydrogens (tertiary/aromatic N) is 2. The highest BCUT2D eigenvalue weighted by Gasteiger charge is 2.52. The lowest BCUT2D eigenvalue weighted by Gasteiger charge is -2.31. The summed E-state index contributed by atoms with van der Waals surface area (Å²) in [5, 5.41) is 18.5. The maximum absolute atomic E-state index is 12.6. The van der Waals surface area contributed by atoms with Crippen LogP contribution >= 0.6 is 0 Å². The van der Waals surface area contributed by atoms with E-state index in [1.165, 1.54) is 0 Å². The molecule has 6 heteroatoms. The predicted octanol–water partition coefficient (Wildman–Crippen LogP) is 0.501. The summed E-state index contributed by atoms with van der Waals surface area (Å²) in [5.41, 5.74) is 0. The van der Waals surface area contributed by atoms with E-state index >= 15 is 0 Å². The Hall–Kier alpha value is -1.30. The van der Waals surface area contributed by atoms with Crippen molar-refractivity contribution in [1.29, 1.82) is 0 Å². The molecule has 0 saturated carbocycles. The first kappa shape index (κ1) is 12.7. The van der Waals surface area contributed by atoms with Gasteiger partial charge in [0.2, 0.25) is 0 Å². The van der Waals surface area contributed by atoms with Gasteiger partial charge in [0.15, 0.2) is 0 Å². The van der Waals surface area contributed by atoms with Crippen molar-refractivity contribution in [1.82, 2.24) is 9.80 Å². The monoisotopic (exact) mass is 268 g/mol. The second kappa shape index (κ2) is 4.67. The van der Waals surface area contributed by atoms with E-state index in [4.69, 9.17) is 0 Å². The van der Waals surface area contributed by atoms with Gasteiger partial charge in [-0.2, -0.15) is 0 Å². The van der Waals surface area contributed by atoms with Crippen LogP contribution in [0.4, 0.5) is 4.79 Å². The fraction of sp³-hybridized carbons (Fsp3) is 0.846. The topological polar surface area (TPSA) is 81.1 Å². The van der Waals surface area contributed by atoms with Crippen LogP contribution in [-0.4, -0.2) is 63.3 Å². The van der Waals surface area contributed by atoms with Gasteiger partial charge in [-0.05, 0) is 32.1 Å². The molecule has 2 amide bonds.